The van der Waals surface area contributed by atoms with E-state index in [0.29, 0.717) is 13.0 Å². The Morgan fingerprint density at radius 1 is 1.19 bits per heavy atom. The lowest BCUT2D eigenvalue weighted by Gasteiger charge is -2.36. The van der Waals surface area contributed by atoms with Crippen LogP contribution >= 0.6 is 0 Å². The highest BCUT2D eigenvalue weighted by atomic mass is 16.5. The molecule has 2 fully saturated rings. The van der Waals surface area contributed by atoms with Crippen molar-refractivity contribution >= 4 is 11.9 Å². The van der Waals surface area contributed by atoms with E-state index in [1.807, 2.05) is 17.9 Å². The van der Waals surface area contributed by atoms with Crippen LogP contribution in [0, 0.1) is 17.8 Å². The van der Waals surface area contributed by atoms with Crippen LogP contribution in [0.4, 0.5) is 0 Å². The molecule has 148 valence electrons. The summed E-state index contributed by atoms with van der Waals surface area (Å²) in [5.74, 6) is -0.591. The molecule has 0 radical (unpaired) electrons. The van der Waals surface area contributed by atoms with Gasteiger partial charge in [-0.05, 0) is 50.0 Å². The predicted molar refractivity (Wildman–Crippen MR) is 103 cm³/mol. The molecular formula is C22H31NO4. The van der Waals surface area contributed by atoms with Crippen molar-refractivity contribution in [3.05, 3.63) is 35.9 Å². The van der Waals surface area contributed by atoms with Crippen LogP contribution in [0.25, 0.3) is 0 Å². The normalized spacial score (nSPS) is 24.7. The van der Waals surface area contributed by atoms with Crippen molar-refractivity contribution in [3.63, 3.8) is 0 Å². The quantitative estimate of drug-likeness (QED) is 0.796. The van der Waals surface area contributed by atoms with Crippen LogP contribution in [0.1, 0.15) is 44.6 Å². The lowest BCUT2D eigenvalue weighted by Crippen LogP contribution is -2.44. The van der Waals surface area contributed by atoms with Gasteiger partial charge in [0.05, 0.1) is 12.0 Å². The second-order valence-corrected chi connectivity index (χ2v) is 8.01. The zero-order valence-corrected chi connectivity index (χ0v) is 16.2. The number of ether oxygens (including phenoxy) is 1. The van der Waals surface area contributed by atoms with Crippen LogP contribution in [0.2, 0.25) is 0 Å². The summed E-state index contributed by atoms with van der Waals surface area (Å²) in [5, 5.41) is 9.35. The maximum absolute atomic E-state index is 12.7. The van der Waals surface area contributed by atoms with E-state index < -0.39 is 5.97 Å². The Balaban J connectivity index is 1.42. The number of nitrogens with zero attached hydrogens (tertiary/aromatic N) is 1. The Labute approximate surface area is 161 Å². The molecule has 1 amide bonds. The average Bonchev–Trinajstić information content (AvgIpc) is 3.18. The summed E-state index contributed by atoms with van der Waals surface area (Å²) >= 11 is 0. The molecule has 3 rings (SSSR count). The largest absolute Gasteiger partial charge is 0.481 e. The summed E-state index contributed by atoms with van der Waals surface area (Å²) < 4.78 is 5.72. The Morgan fingerprint density at radius 2 is 1.89 bits per heavy atom. The van der Waals surface area contributed by atoms with Gasteiger partial charge in [0.25, 0.3) is 0 Å². The van der Waals surface area contributed by atoms with E-state index in [1.165, 1.54) is 5.56 Å². The van der Waals surface area contributed by atoms with Gasteiger partial charge < -0.3 is 14.7 Å². The van der Waals surface area contributed by atoms with Crippen molar-refractivity contribution in [3.8, 4) is 0 Å². The molecule has 0 spiro atoms. The van der Waals surface area contributed by atoms with E-state index in [9.17, 15) is 14.7 Å². The van der Waals surface area contributed by atoms with Gasteiger partial charge in [-0.15, -0.1) is 0 Å². The SMILES string of the molecule is CC(CCCc1ccccc1)C(=O)N1CCC([C@@H]2OCCC2C(=O)O)CC1. The third-order valence-corrected chi connectivity index (χ3v) is 6.14. The van der Waals surface area contributed by atoms with Crippen LogP contribution in [-0.2, 0) is 20.7 Å². The number of carbonyl (C=O) groups is 2. The lowest BCUT2D eigenvalue weighted by atomic mass is 9.84. The van der Waals surface area contributed by atoms with Crippen molar-refractivity contribution in [1.29, 1.82) is 0 Å². The van der Waals surface area contributed by atoms with Crippen molar-refractivity contribution in [2.24, 2.45) is 17.8 Å². The number of hydrogen-bond acceptors (Lipinski definition) is 3. The number of carboxylic acid groups (broad SMARTS) is 1. The zero-order valence-electron chi connectivity index (χ0n) is 16.2. The average molecular weight is 373 g/mol. The number of amides is 1. The second kappa shape index (κ2) is 9.36. The molecule has 1 aromatic carbocycles. The molecule has 0 saturated carbocycles. The third-order valence-electron chi connectivity index (χ3n) is 6.14. The van der Waals surface area contributed by atoms with Gasteiger partial charge in [0.2, 0.25) is 5.91 Å². The third kappa shape index (κ3) is 5.10. The standard InChI is InChI=1S/C22H31NO4/c1-16(6-5-9-17-7-3-2-4-8-17)21(24)23-13-10-18(11-14-23)20-19(22(25)26)12-15-27-20/h2-4,7-8,16,18-20H,5-6,9-15H2,1H3,(H,25,26)/t16?,19?,20-/m0/s1. The van der Waals surface area contributed by atoms with Crippen molar-refractivity contribution in [1.82, 2.24) is 4.90 Å². The maximum atomic E-state index is 12.7. The van der Waals surface area contributed by atoms with Crippen LogP contribution < -0.4 is 0 Å². The number of likely N-dealkylation sites (tertiary alicyclic amines) is 1. The topological polar surface area (TPSA) is 66.8 Å². The molecule has 0 aromatic heterocycles. The number of aryl methyl sites for hydroxylation is 1. The minimum atomic E-state index is -0.747. The number of benzene rings is 1. The van der Waals surface area contributed by atoms with E-state index in [2.05, 4.69) is 24.3 Å². The van der Waals surface area contributed by atoms with Gasteiger partial charge in [-0.1, -0.05) is 37.3 Å². The van der Waals surface area contributed by atoms with Crippen LogP contribution in [0.3, 0.4) is 0 Å². The summed E-state index contributed by atoms with van der Waals surface area (Å²) in [4.78, 5) is 26.1. The Morgan fingerprint density at radius 3 is 2.56 bits per heavy atom. The van der Waals surface area contributed by atoms with E-state index in [4.69, 9.17) is 4.74 Å². The first-order valence-corrected chi connectivity index (χ1v) is 10.2. The molecule has 0 bridgehead atoms. The molecular weight excluding hydrogens is 342 g/mol. The molecule has 3 atom stereocenters. The van der Waals surface area contributed by atoms with E-state index >= 15 is 0 Å². The van der Waals surface area contributed by atoms with Gasteiger partial charge in [-0.2, -0.15) is 0 Å². The van der Waals surface area contributed by atoms with Crippen molar-refractivity contribution in [2.45, 2.75) is 51.6 Å². The zero-order chi connectivity index (χ0) is 19.2. The van der Waals surface area contributed by atoms with Gasteiger partial charge in [0.15, 0.2) is 0 Å². The monoisotopic (exact) mass is 373 g/mol. The fourth-order valence-corrected chi connectivity index (χ4v) is 4.48. The summed E-state index contributed by atoms with van der Waals surface area (Å²) in [6.45, 7) is 4.01. The summed E-state index contributed by atoms with van der Waals surface area (Å²) in [6.07, 6.45) is 5.05. The minimum Gasteiger partial charge on any atom is -0.481 e. The van der Waals surface area contributed by atoms with E-state index in [1.54, 1.807) is 0 Å². The molecule has 1 N–H and O–H groups in total. The molecule has 2 aliphatic rings. The van der Waals surface area contributed by atoms with Gasteiger partial charge in [0.1, 0.15) is 0 Å². The highest BCUT2D eigenvalue weighted by Crippen LogP contribution is 2.33. The molecule has 2 unspecified atom stereocenters. The molecule has 27 heavy (non-hydrogen) atoms. The summed E-state index contributed by atoms with van der Waals surface area (Å²) in [5.41, 5.74) is 1.32. The predicted octanol–water partition coefficient (Wildman–Crippen LogP) is 3.37. The fourth-order valence-electron chi connectivity index (χ4n) is 4.48. The number of rotatable bonds is 7. The highest BCUT2D eigenvalue weighted by molar-refractivity contribution is 5.78. The van der Waals surface area contributed by atoms with E-state index in [0.717, 1.165) is 45.2 Å². The molecule has 5 nitrogen and oxygen atoms in total. The Kier molecular flexibility index (Phi) is 6.89. The molecule has 2 aliphatic heterocycles. The Bertz CT molecular complexity index is 624. The maximum Gasteiger partial charge on any atom is 0.309 e. The van der Waals surface area contributed by atoms with Crippen LogP contribution in [0.15, 0.2) is 30.3 Å². The van der Waals surface area contributed by atoms with Gasteiger partial charge in [-0.3, -0.25) is 9.59 Å². The molecule has 2 saturated heterocycles. The van der Waals surface area contributed by atoms with Crippen LogP contribution in [0.5, 0.6) is 0 Å². The molecule has 5 heteroatoms. The highest BCUT2D eigenvalue weighted by Gasteiger charge is 2.41. The van der Waals surface area contributed by atoms with Crippen molar-refractivity contribution in [2.75, 3.05) is 19.7 Å². The second-order valence-electron chi connectivity index (χ2n) is 8.01. The Hall–Kier alpha value is -1.88. The minimum absolute atomic E-state index is 0.0414. The first kappa shape index (κ1) is 19.9. The number of carbonyl (C=O) groups excluding carboxylic acids is 1. The smallest absolute Gasteiger partial charge is 0.309 e. The van der Waals surface area contributed by atoms with Gasteiger partial charge >= 0.3 is 5.97 Å². The summed E-state index contributed by atoms with van der Waals surface area (Å²) in [7, 11) is 0. The molecule has 2 heterocycles. The number of piperidine rings is 1. The first-order chi connectivity index (χ1) is 13.1. The van der Waals surface area contributed by atoms with Crippen molar-refractivity contribution < 1.29 is 19.4 Å². The first-order valence-electron chi connectivity index (χ1n) is 10.2. The van der Waals surface area contributed by atoms with Gasteiger partial charge in [0, 0.05) is 25.6 Å². The number of hydrogen-bond donors (Lipinski definition) is 1. The molecule has 0 aliphatic carbocycles. The molecule has 1 aromatic rings. The summed E-state index contributed by atoms with van der Waals surface area (Å²) in [6, 6.07) is 10.4. The van der Waals surface area contributed by atoms with E-state index in [-0.39, 0.29) is 29.8 Å². The van der Waals surface area contributed by atoms with Gasteiger partial charge in [-0.25, -0.2) is 0 Å². The lowest BCUT2D eigenvalue weighted by molar-refractivity contribution is -0.146. The fraction of sp³-hybridized carbons (Fsp3) is 0.636. The number of carboxylic acids is 1. The van der Waals surface area contributed by atoms with Crippen LogP contribution in [-0.4, -0.2) is 47.7 Å². The number of aliphatic carboxylic acids is 1.